The van der Waals surface area contributed by atoms with Crippen molar-refractivity contribution in [2.45, 2.75) is 51.5 Å². The van der Waals surface area contributed by atoms with E-state index in [2.05, 4.69) is 10.6 Å². The van der Waals surface area contributed by atoms with Gasteiger partial charge in [0.05, 0.1) is 6.61 Å². The summed E-state index contributed by atoms with van der Waals surface area (Å²) < 4.78 is 18.3. The Kier molecular flexibility index (Phi) is 7.70. The summed E-state index contributed by atoms with van der Waals surface area (Å²) in [5.74, 6) is 0.329. The average molecular weight is 350 g/mol. The number of hydrogen-bond acceptors (Lipinski definition) is 3. The van der Waals surface area contributed by atoms with Crippen molar-refractivity contribution in [1.29, 1.82) is 0 Å². The normalized spacial score (nSPS) is 15.6. The third-order valence-corrected chi connectivity index (χ3v) is 4.47. The van der Waals surface area contributed by atoms with E-state index in [-0.39, 0.29) is 23.5 Å². The van der Waals surface area contributed by atoms with E-state index in [0.717, 1.165) is 38.5 Å². The number of carbonyl (C=O) groups excluding carboxylic acids is 2. The largest absolute Gasteiger partial charge is 0.494 e. The van der Waals surface area contributed by atoms with Gasteiger partial charge in [0, 0.05) is 13.5 Å². The lowest BCUT2D eigenvalue weighted by molar-refractivity contribution is -0.129. The highest BCUT2D eigenvalue weighted by molar-refractivity contribution is 5.87. The molecule has 0 radical (unpaired) electrons. The highest BCUT2D eigenvalue weighted by Gasteiger charge is 2.30. The number of rotatable bonds is 9. The van der Waals surface area contributed by atoms with Gasteiger partial charge in [-0.3, -0.25) is 9.59 Å². The molecular weight excluding hydrogens is 323 g/mol. The van der Waals surface area contributed by atoms with Gasteiger partial charge < -0.3 is 15.4 Å². The van der Waals surface area contributed by atoms with Crippen LogP contribution in [0.3, 0.4) is 0 Å². The molecule has 1 aliphatic rings. The van der Waals surface area contributed by atoms with Gasteiger partial charge in [-0.2, -0.15) is 0 Å². The van der Waals surface area contributed by atoms with E-state index in [1.807, 2.05) is 0 Å². The van der Waals surface area contributed by atoms with E-state index < -0.39 is 6.04 Å². The molecule has 1 unspecified atom stereocenters. The molecule has 5 nitrogen and oxygen atoms in total. The van der Waals surface area contributed by atoms with Crippen LogP contribution in [0.1, 0.15) is 45.4 Å². The second-order valence-electron chi connectivity index (χ2n) is 6.52. The van der Waals surface area contributed by atoms with Gasteiger partial charge in [-0.05, 0) is 55.9 Å². The minimum atomic E-state index is -0.421. The van der Waals surface area contributed by atoms with Crippen LogP contribution in [0.15, 0.2) is 24.3 Å². The first-order valence-corrected chi connectivity index (χ1v) is 8.99. The molecule has 1 atom stereocenters. The van der Waals surface area contributed by atoms with E-state index in [1.54, 1.807) is 12.1 Å². The third kappa shape index (κ3) is 6.72. The predicted octanol–water partition coefficient (Wildman–Crippen LogP) is 2.80. The second kappa shape index (κ2) is 10.0. The van der Waals surface area contributed by atoms with Crippen LogP contribution in [-0.2, 0) is 9.59 Å². The fourth-order valence-electron chi connectivity index (χ4n) is 3.18. The highest BCUT2D eigenvalue weighted by atomic mass is 19.1. The maximum atomic E-state index is 12.8. The van der Waals surface area contributed by atoms with Crippen molar-refractivity contribution in [3.05, 3.63) is 30.1 Å². The lowest BCUT2D eigenvalue weighted by atomic mass is 9.97. The quantitative estimate of drug-likeness (QED) is 0.673. The Balaban J connectivity index is 1.64. The van der Waals surface area contributed by atoms with Crippen molar-refractivity contribution in [2.24, 2.45) is 5.92 Å². The van der Waals surface area contributed by atoms with Crippen molar-refractivity contribution in [3.8, 4) is 5.75 Å². The summed E-state index contributed by atoms with van der Waals surface area (Å²) in [4.78, 5) is 23.7. The number of unbranched alkanes of at least 4 members (excludes halogenated alkanes) is 1. The molecule has 6 heteroatoms. The summed E-state index contributed by atoms with van der Waals surface area (Å²) in [6.45, 7) is 2.51. The standard InChI is InChI=1S/C19H27FN2O3/c1-14(23)22-18(15-6-2-3-7-15)19(24)21-12-4-5-13-25-17-10-8-16(20)9-11-17/h8-11,15,18H,2-7,12-13H2,1H3,(H,21,24)(H,22,23). The molecule has 2 rings (SSSR count). The molecule has 1 aromatic carbocycles. The number of ether oxygens (including phenoxy) is 1. The van der Waals surface area contributed by atoms with Crippen LogP contribution in [0.2, 0.25) is 0 Å². The SMILES string of the molecule is CC(=O)NC(C(=O)NCCCCOc1ccc(F)cc1)C1CCCC1. The Labute approximate surface area is 148 Å². The van der Waals surface area contributed by atoms with Gasteiger partial charge in [-0.1, -0.05) is 12.8 Å². The summed E-state index contributed by atoms with van der Waals surface area (Å²) in [6, 6.07) is 5.49. The Hall–Kier alpha value is -2.11. The van der Waals surface area contributed by atoms with Gasteiger partial charge in [-0.25, -0.2) is 4.39 Å². The molecule has 1 aliphatic carbocycles. The molecule has 1 saturated carbocycles. The number of nitrogens with one attached hydrogen (secondary N) is 2. The van der Waals surface area contributed by atoms with Crippen molar-refractivity contribution < 1.29 is 18.7 Å². The van der Waals surface area contributed by atoms with Gasteiger partial charge in [-0.15, -0.1) is 0 Å². The van der Waals surface area contributed by atoms with E-state index >= 15 is 0 Å². The first-order valence-electron chi connectivity index (χ1n) is 8.99. The Morgan fingerprint density at radius 1 is 1.20 bits per heavy atom. The lowest BCUT2D eigenvalue weighted by Crippen LogP contribution is -2.50. The molecule has 25 heavy (non-hydrogen) atoms. The van der Waals surface area contributed by atoms with Crippen LogP contribution in [-0.4, -0.2) is 31.0 Å². The summed E-state index contributed by atoms with van der Waals surface area (Å²) in [5.41, 5.74) is 0. The monoisotopic (exact) mass is 350 g/mol. The van der Waals surface area contributed by atoms with Gasteiger partial charge in [0.25, 0.3) is 0 Å². The second-order valence-corrected chi connectivity index (χ2v) is 6.52. The third-order valence-electron chi connectivity index (χ3n) is 4.47. The van der Waals surface area contributed by atoms with Crippen LogP contribution in [0.4, 0.5) is 4.39 Å². The number of halogens is 1. The molecule has 1 aromatic rings. The molecule has 0 bridgehead atoms. The smallest absolute Gasteiger partial charge is 0.242 e. The number of benzene rings is 1. The predicted molar refractivity (Wildman–Crippen MR) is 93.7 cm³/mol. The lowest BCUT2D eigenvalue weighted by Gasteiger charge is -2.23. The maximum absolute atomic E-state index is 12.8. The Morgan fingerprint density at radius 3 is 2.52 bits per heavy atom. The summed E-state index contributed by atoms with van der Waals surface area (Å²) in [5, 5.41) is 5.71. The fraction of sp³-hybridized carbons (Fsp3) is 0.579. The van der Waals surface area contributed by atoms with Crippen LogP contribution in [0.5, 0.6) is 5.75 Å². The number of carbonyl (C=O) groups is 2. The summed E-state index contributed by atoms with van der Waals surface area (Å²) in [7, 11) is 0. The zero-order valence-electron chi connectivity index (χ0n) is 14.7. The van der Waals surface area contributed by atoms with E-state index in [1.165, 1.54) is 19.1 Å². The molecule has 2 N–H and O–H groups in total. The molecular formula is C19H27FN2O3. The average Bonchev–Trinajstić information content (AvgIpc) is 3.11. The summed E-state index contributed by atoms with van der Waals surface area (Å²) >= 11 is 0. The van der Waals surface area contributed by atoms with Crippen molar-refractivity contribution in [2.75, 3.05) is 13.2 Å². The van der Waals surface area contributed by atoms with Crippen LogP contribution < -0.4 is 15.4 Å². The minimum absolute atomic E-state index is 0.0958. The maximum Gasteiger partial charge on any atom is 0.242 e. The highest BCUT2D eigenvalue weighted by Crippen LogP contribution is 2.27. The first kappa shape index (κ1) is 19.2. The van der Waals surface area contributed by atoms with Crippen LogP contribution in [0, 0.1) is 11.7 Å². The van der Waals surface area contributed by atoms with E-state index in [0.29, 0.717) is 18.9 Å². The molecule has 0 aliphatic heterocycles. The topological polar surface area (TPSA) is 67.4 Å². The molecule has 0 saturated heterocycles. The van der Waals surface area contributed by atoms with E-state index in [4.69, 9.17) is 4.74 Å². The van der Waals surface area contributed by atoms with Crippen molar-refractivity contribution in [1.82, 2.24) is 10.6 Å². The molecule has 0 heterocycles. The first-order chi connectivity index (χ1) is 12.1. The molecule has 1 fully saturated rings. The van der Waals surface area contributed by atoms with E-state index in [9.17, 15) is 14.0 Å². The van der Waals surface area contributed by atoms with Gasteiger partial charge in [0.15, 0.2) is 0 Å². The zero-order chi connectivity index (χ0) is 18.1. The Morgan fingerprint density at radius 2 is 1.88 bits per heavy atom. The van der Waals surface area contributed by atoms with Gasteiger partial charge >= 0.3 is 0 Å². The van der Waals surface area contributed by atoms with Crippen LogP contribution >= 0.6 is 0 Å². The van der Waals surface area contributed by atoms with Crippen molar-refractivity contribution >= 4 is 11.8 Å². The van der Waals surface area contributed by atoms with Crippen molar-refractivity contribution in [3.63, 3.8) is 0 Å². The Bertz CT molecular complexity index is 556. The molecule has 138 valence electrons. The van der Waals surface area contributed by atoms with Gasteiger partial charge in [0.1, 0.15) is 17.6 Å². The fourth-order valence-corrected chi connectivity index (χ4v) is 3.18. The minimum Gasteiger partial charge on any atom is -0.494 e. The van der Waals surface area contributed by atoms with Gasteiger partial charge in [0.2, 0.25) is 11.8 Å². The molecule has 2 amide bonds. The molecule has 0 spiro atoms. The molecule has 0 aromatic heterocycles. The summed E-state index contributed by atoms with van der Waals surface area (Å²) in [6.07, 6.45) is 5.79. The zero-order valence-corrected chi connectivity index (χ0v) is 14.7. The number of amides is 2. The number of hydrogen-bond donors (Lipinski definition) is 2. The van der Waals surface area contributed by atoms with Crippen LogP contribution in [0.25, 0.3) is 0 Å².